The Labute approximate surface area is 202 Å². The summed E-state index contributed by atoms with van der Waals surface area (Å²) in [5, 5.41) is 0.758. The van der Waals surface area contributed by atoms with E-state index in [-0.39, 0.29) is 29.8 Å². The second kappa shape index (κ2) is 9.12. The maximum absolute atomic E-state index is 13.5. The van der Waals surface area contributed by atoms with E-state index in [9.17, 15) is 14.4 Å². The maximum atomic E-state index is 13.5. The molecule has 2 unspecified atom stereocenters. The number of H-pyrrole nitrogens is 1. The summed E-state index contributed by atoms with van der Waals surface area (Å²) in [6.07, 6.45) is 0.403. The molecule has 0 aliphatic carbocycles. The first-order valence-electron chi connectivity index (χ1n) is 10.9. The van der Waals surface area contributed by atoms with Crippen LogP contribution in [-0.4, -0.2) is 53.8 Å². The van der Waals surface area contributed by atoms with Crippen LogP contribution in [0.25, 0.3) is 0 Å². The molecule has 176 valence electrons. The number of nitrogens with zero attached hydrogens (tertiary/aromatic N) is 2. The summed E-state index contributed by atoms with van der Waals surface area (Å²) in [7, 11) is 3.32. The van der Waals surface area contributed by atoms with E-state index in [4.69, 9.17) is 27.9 Å². The number of pyridine rings is 1. The van der Waals surface area contributed by atoms with Crippen LogP contribution < -0.4 is 5.56 Å². The average Bonchev–Trinajstić information content (AvgIpc) is 3.07. The number of ether oxygens (including phenoxy) is 1. The fraction of sp³-hybridized carbons (Fsp3) is 0.458. The summed E-state index contributed by atoms with van der Waals surface area (Å²) in [5.41, 5.74) is 3.63. The second-order valence-corrected chi connectivity index (χ2v) is 9.71. The van der Waals surface area contributed by atoms with Crippen molar-refractivity contribution in [3.8, 4) is 0 Å². The molecule has 2 amide bonds. The summed E-state index contributed by atoms with van der Waals surface area (Å²) in [6.45, 7) is 4.85. The fourth-order valence-corrected chi connectivity index (χ4v) is 5.62. The van der Waals surface area contributed by atoms with Crippen molar-refractivity contribution in [2.75, 3.05) is 27.2 Å². The van der Waals surface area contributed by atoms with Gasteiger partial charge in [0.25, 0.3) is 11.5 Å². The first kappa shape index (κ1) is 23.8. The minimum absolute atomic E-state index is 0.0446. The van der Waals surface area contributed by atoms with Crippen molar-refractivity contribution in [2.24, 2.45) is 5.92 Å². The largest absolute Gasteiger partial charge is 0.376 e. The Morgan fingerprint density at radius 1 is 1.21 bits per heavy atom. The fourth-order valence-electron chi connectivity index (χ4n) is 4.96. The van der Waals surface area contributed by atoms with Gasteiger partial charge in [-0.3, -0.25) is 14.4 Å². The lowest BCUT2D eigenvalue weighted by Crippen LogP contribution is -2.39. The van der Waals surface area contributed by atoms with Crippen molar-refractivity contribution in [1.82, 2.24) is 14.8 Å². The Morgan fingerprint density at radius 2 is 1.94 bits per heavy atom. The molecule has 9 heteroatoms. The molecule has 33 heavy (non-hydrogen) atoms. The van der Waals surface area contributed by atoms with Gasteiger partial charge >= 0.3 is 0 Å². The number of methoxy groups -OCH3 is 1. The van der Waals surface area contributed by atoms with E-state index in [1.165, 1.54) is 0 Å². The van der Waals surface area contributed by atoms with E-state index < -0.39 is 6.10 Å². The molecule has 1 aromatic carbocycles. The van der Waals surface area contributed by atoms with Gasteiger partial charge in [-0.1, -0.05) is 23.2 Å². The Bertz CT molecular complexity index is 1190. The van der Waals surface area contributed by atoms with Crippen molar-refractivity contribution in [3.63, 3.8) is 0 Å². The quantitative estimate of drug-likeness (QED) is 0.691. The van der Waals surface area contributed by atoms with Gasteiger partial charge in [-0.15, -0.1) is 0 Å². The SMILES string of the molecule is COC(c1cc(Cl)c2c(c1Cl)C(=O)N(Cc1c(C)cc(C)[nH]c1=O)CC2)C1CC(=O)N(C)C1. The van der Waals surface area contributed by atoms with Crippen LogP contribution >= 0.6 is 23.2 Å². The summed E-state index contributed by atoms with van der Waals surface area (Å²) in [6, 6.07) is 3.65. The minimum Gasteiger partial charge on any atom is -0.376 e. The van der Waals surface area contributed by atoms with Crippen LogP contribution in [0.4, 0.5) is 0 Å². The van der Waals surface area contributed by atoms with Crippen LogP contribution in [-0.2, 0) is 22.5 Å². The van der Waals surface area contributed by atoms with E-state index >= 15 is 0 Å². The van der Waals surface area contributed by atoms with Crippen molar-refractivity contribution < 1.29 is 14.3 Å². The van der Waals surface area contributed by atoms with E-state index in [0.717, 1.165) is 11.3 Å². The molecule has 0 spiro atoms. The molecule has 0 saturated carbocycles. The number of carbonyl (C=O) groups is 2. The zero-order chi connectivity index (χ0) is 24.0. The van der Waals surface area contributed by atoms with Crippen LogP contribution in [0.15, 0.2) is 16.9 Å². The number of hydrogen-bond donors (Lipinski definition) is 1. The minimum atomic E-state index is -0.473. The highest BCUT2D eigenvalue weighted by molar-refractivity contribution is 6.37. The smallest absolute Gasteiger partial charge is 0.256 e. The first-order valence-corrected chi connectivity index (χ1v) is 11.6. The summed E-state index contributed by atoms with van der Waals surface area (Å²) < 4.78 is 5.75. The first-order chi connectivity index (χ1) is 15.6. The molecule has 4 rings (SSSR count). The number of likely N-dealkylation sites (tertiary alicyclic amines) is 1. The number of halogens is 2. The predicted molar refractivity (Wildman–Crippen MR) is 127 cm³/mol. The van der Waals surface area contributed by atoms with E-state index in [0.29, 0.717) is 58.2 Å². The van der Waals surface area contributed by atoms with Gasteiger partial charge in [0.15, 0.2) is 0 Å². The van der Waals surface area contributed by atoms with E-state index in [1.54, 1.807) is 30.0 Å². The van der Waals surface area contributed by atoms with Gasteiger partial charge in [-0.2, -0.15) is 0 Å². The molecule has 1 fully saturated rings. The Hall–Kier alpha value is -2.35. The zero-order valence-electron chi connectivity index (χ0n) is 19.1. The summed E-state index contributed by atoms with van der Waals surface area (Å²) in [4.78, 5) is 44.2. The zero-order valence-corrected chi connectivity index (χ0v) is 20.6. The third-order valence-electron chi connectivity index (χ3n) is 6.68. The highest BCUT2D eigenvalue weighted by Gasteiger charge is 2.38. The van der Waals surface area contributed by atoms with E-state index in [2.05, 4.69) is 4.98 Å². The standard InChI is InChI=1S/C24H27Cl2N3O4/c1-12-7-13(2)27-23(31)17(12)11-29-6-5-15-18(25)9-16(21(26)20(15)24(29)32)22(33-4)14-8-19(30)28(3)10-14/h7,9,14,22H,5-6,8,10-11H2,1-4H3,(H,27,31). The lowest BCUT2D eigenvalue weighted by Gasteiger charge is -2.32. The van der Waals surface area contributed by atoms with Crippen LogP contribution in [0.5, 0.6) is 0 Å². The van der Waals surface area contributed by atoms with Crippen molar-refractivity contribution in [2.45, 2.75) is 39.3 Å². The third-order valence-corrected chi connectivity index (χ3v) is 7.42. The Balaban J connectivity index is 1.70. The molecule has 7 nitrogen and oxygen atoms in total. The van der Waals surface area contributed by atoms with Gasteiger partial charge in [0.2, 0.25) is 5.91 Å². The monoisotopic (exact) mass is 491 g/mol. The number of aromatic nitrogens is 1. The van der Waals surface area contributed by atoms with E-state index in [1.807, 2.05) is 19.9 Å². The van der Waals surface area contributed by atoms with Crippen LogP contribution in [0.2, 0.25) is 10.0 Å². The number of rotatable bonds is 5. The van der Waals surface area contributed by atoms with Crippen LogP contribution in [0.3, 0.4) is 0 Å². The van der Waals surface area contributed by atoms with Gasteiger partial charge in [-0.25, -0.2) is 0 Å². The number of nitrogens with one attached hydrogen (secondary N) is 1. The molecule has 1 saturated heterocycles. The molecule has 0 radical (unpaired) electrons. The highest BCUT2D eigenvalue weighted by Crippen LogP contribution is 2.42. The number of amides is 2. The van der Waals surface area contributed by atoms with Crippen molar-refractivity contribution in [3.05, 3.63) is 66.0 Å². The molecule has 2 aliphatic rings. The second-order valence-electron chi connectivity index (χ2n) is 8.93. The maximum Gasteiger partial charge on any atom is 0.256 e. The predicted octanol–water partition coefficient (Wildman–Crippen LogP) is 3.66. The molecule has 1 N–H and O–H groups in total. The van der Waals surface area contributed by atoms with Crippen molar-refractivity contribution >= 4 is 35.0 Å². The number of fused-ring (bicyclic) bond motifs is 1. The number of hydrogen-bond acceptors (Lipinski definition) is 4. The lowest BCUT2D eigenvalue weighted by atomic mass is 9.89. The molecule has 0 bridgehead atoms. The molecule has 2 aliphatic heterocycles. The number of carbonyl (C=O) groups excluding carboxylic acids is 2. The Kier molecular flexibility index (Phi) is 6.58. The molecular formula is C24H27Cl2N3O4. The molecule has 3 heterocycles. The molecule has 2 aromatic rings. The Morgan fingerprint density at radius 3 is 2.55 bits per heavy atom. The molecular weight excluding hydrogens is 465 g/mol. The van der Waals surface area contributed by atoms with Crippen LogP contribution in [0, 0.1) is 19.8 Å². The average molecular weight is 492 g/mol. The normalized spacial score (nSPS) is 19.3. The summed E-state index contributed by atoms with van der Waals surface area (Å²) >= 11 is 13.4. The lowest BCUT2D eigenvalue weighted by molar-refractivity contribution is -0.126. The molecule has 2 atom stereocenters. The van der Waals surface area contributed by atoms with Gasteiger partial charge in [0, 0.05) is 61.4 Å². The summed E-state index contributed by atoms with van der Waals surface area (Å²) in [5.74, 6) is -0.315. The van der Waals surface area contributed by atoms with Gasteiger partial charge in [0.05, 0.1) is 23.2 Å². The number of aromatic amines is 1. The van der Waals surface area contributed by atoms with Crippen LogP contribution in [0.1, 0.15) is 50.8 Å². The highest BCUT2D eigenvalue weighted by atomic mass is 35.5. The number of aryl methyl sites for hydroxylation is 2. The van der Waals surface area contributed by atoms with Crippen molar-refractivity contribution in [1.29, 1.82) is 0 Å². The topological polar surface area (TPSA) is 82.7 Å². The third kappa shape index (κ3) is 4.29. The number of benzene rings is 1. The van der Waals surface area contributed by atoms with Gasteiger partial charge < -0.3 is 19.5 Å². The molecule has 1 aromatic heterocycles. The van der Waals surface area contributed by atoms with Gasteiger partial charge in [-0.05, 0) is 43.5 Å². The van der Waals surface area contributed by atoms with Gasteiger partial charge in [0.1, 0.15) is 0 Å².